The highest BCUT2D eigenvalue weighted by Crippen LogP contribution is 2.36. The molecule has 0 radical (unpaired) electrons. The van der Waals surface area contributed by atoms with Crippen LogP contribution in [0.25, 0.3) is 11.0 Å². The highest BCUT2D eigenvalue weighted by Gasteiger charge is 2.38. The van der Waals surface area contributed by atoms with E-state index in [0.717, 1.165) is 25.3 Å². The third-order valence-electron chi connectivity index (χ3n) is 7.26. The second-order valence-electron chi connectivity index (χ2n) is 10.6. The zero-order valence-corrected chi connectivity index (χ0v) is 23.0. The molecule has 2 aromatic heterocycles. The maximum absolute atomic E-state index is 12.8. The van der Waals surface area contributed by atoms with E-state index in [1.807, 2.05) is 13.8 Å². The van der Waals surface area contributed by atoms with Gasteiger partial charge in [-0.1, -0.05) is 32.9 Å². The van der Waals surface area contributed by atoms with Crippen LogP contribution < -0.4 is 15.3 Å². The number of benzene rings is 1. The maximum Gasteiger partial charge on any atom is 0.349 e. The molecule has 196 valence electrons. The Hall–Kier alpha value is -3.44. The summed E-state index contributed by atoms with van der Waals surface area (Å²) in [7, 11) is 1.69. The number of hydrogen-bond donors (Lipinski definition) is 0. The van der Waals surface area contributed by atoms with Gasteiger partial charge >= 0.3 is 5.69 Å². The molecule has 1 saturated heterocycles. The molecule has 3 atom stereocenters. The van der Waals surface area contributed by atoms with Gasteiger partial charge in [0.15, 0.2) is 5.82 Å². The summed E-state index contributed by atoms with van der Waals surface area (Å²) in [4.78, 5) is 26.6. The van der Waals surface area contributed by atoms with Crippen LogP contribution in [0.4, 0.5) is 5.82 Å². The van der Waals surface area contributed by atoms with Crippen molar-refractivity contribution in [1.29, 1.82) is 5.26 Å². The molecule has 0 saturated carbocycles. The number of hydrogen-bond acceptors (Lipinski definition) is 7. The first-order valence-corrected chi connectivity index (χ1v) is 13.2. The van der Waals surface area contributed by atoms with Gasteiger partial charge in [-0.2, -0.15) is 10.2 Å². The molecule has 1 aliphatic heterocycles. The Morgan fingerprint density at radius 3 is 2.38 bits per heavy atom. The van der Waals surface area contributed by atoms with Crippen LogP contribution in [0.2, 0.25) is 0 Å². The van der Waals surface area contributed by atoms with Gasteiger partial charge in [0.25, 0.3) is 0 Å². The van der Waals surface area contributed by atoms with Crippen LogP contribution >= 0.6 is 0 Å². The van der Waals surface area contributed by atoms with Crippen molar-refractivity contribution in [2.45, 2.75) is 72.2 Å². The zero-order valence-electron chi connectivity index (χ0n) is 23.0. The second kappa shape index (κ2) is 10.9. The second-order valence-corrected chi connectivity index (χ2v) is 10.6. The molecule has 37 heavy (non-hydrogen) atoms. The maximum atomic E-state index is 12.8. The lowest BCUT2D eigenvalue weighted by molar-refractivity contribution is 0.0710. The van der Waals surface area contributed by atoms with E-state index in [4.69, 9.17) is 4.74 Å². The predicted octanol–water partition coefficient (Wildman–Crippen LogP) is 4.67. The topological polar surface area (TPSA) is 87.3 Å². The Labute approximate surface area is 219 Å². The van der Waals surface area contributed by atoms with E-state index in [0.29, 0.717) is 28.5 Å². The van der Waals surface area contributed by atoms with Crippen molar-refractivity contribution >= 4 is 16.9 Å². The molecule has 1 unspecified atom stereocenters. The van der Waals surface area contributed by atoms with Gasteiger partial charge < -0.3 is 9.64 Å². The van der Waals surface area contributed by atoms with Crippen molar-refractivity contribution in [2.24, 2.45) is 13.0 Å². The van der Waals surface area contributed by atoms with Crippen molar-refractivity contribution in [3.05, 3.63) is 58.1 Å². The van der Waals surface area contributed by atoms with Gasteiger partial charge in [0.05, 0.1) is 11.6 Å². The normalized spacial score (nSPS) is 19.4. The van der Waals surface area contributed by atoms with Gasteiger partial charge in [-0.05, 0) is 62.9 Å². The van der Waals surface area contributed by atoms with E-state index < -0.39 is 0 Å². The average Bonchev–Trinajstić information content (AvgIpc) is 2.87. The third-order valence-corrected chi connectivity index (χ3v) is 7.26. The lowest BCUT2D eigenvalue weighted by atomic mass is 9.90. The van der Waals surface area contributed by atoms with E-state index in [1.54, 1.807) is 19.2 Å². The standard InChI is InChI=1S/C29H38N6O2/c1-8-23-17-34(28-26-25(33(7)29(36)32-28)14-11-22(15-30)31-26)20(6)16-35(23)27(18(2)3)21-9-12-24(13-10-21)37-19(4)5/h9-14,18-20,23,27H,8,16-17H2,1-7H3/t20-,23+,27?/m0/s1. The summed E-state index contributed by atoms with van der Waals surface area (Å²) in [5.41, 5.74) is 2.55. The summed E-state index contributed by atoms with van der Waals surface area (Å²) >= 11 is 0. The molecule has 0 amide bonds. The number of pyridine rings is 1. The molecule has 3 heterocycles. The van der Waals surface area contributed by atoms with Crippen LogP contribution in [-0.2, 0) is 7.05 Å². The van der Waals surface area contributed by atoms with E-state index in [2.05, 4.69) is 77.8 Å². The largest absolute Gasteiger partial charge is 0.491 e. The van der Waals surface area contributed by atoms with Gasteiger partial charge in [-0.3, -0.25) is 9.47 Å². The number of nitrogens with zero attached hydrogens (tertiary/aromatic N) is 6. The molecule has 4 rings (SSSR count). The van der Waals surface area contributed by atoms with Gasteiger partial charge in [0.1, 0.15) is 23.0 Å². The highest BCUT2D eigenvalue weighted by molar-refractivity contribution is 5.86. The Bertz CT molecular complexity index is 1340. The highest BCUT2D eigenvalue weighted by atomic mass is 16.5. The Morgan fingerprint density at radius 1 is 1.08 bits per heavy atom. The minimum atomic E-state index is -0.319. The number of anilines is 1. The summed E-state index contributed by atoms with van der Waals surface area (Å²) < 4.78 is 7.36. The van der Waals surface area contributed by atoms with E-state index in [-0.39, 0.29) is 29.9 Å². The number of aromatic nitrogens is 3. The van der Waals surface area contributed by atoms with E-state index in [1.165, 1.54) is 10.1 Å². The number of piperazine rings is 1. The molecule has 1 aliphatic rings. The van der Waals surface area contributed by atoms with Gasteiger partial charge in [-0.25, -0.2) is 9.78 Å². The molecule has 3 aromatic rings. The molecule has 8 nitrogen and oxygen atoms in total. The molecule has 0 N–H and O–H groups in total. The molecule has 0 bridgehead atoms. The Morgan fingerprint density at radius 2 is 1.78 bits per heavy atom. The number of nitriles is 1. The van der Waals surface area contributed by atoms with Crippen LogP contribution in [0.15, 0.2) is 41.2 Å². The molecular formula is C29H38N6O2. The van der Waals surface area contributed by atoms with E-state index >= 15 is 0 Å². The number of ether oxygens (including phenoxy) is 1. The number of aryl methyl sites for hydroxylation is 1. The van der Waals surface area contributed by atoms with Crippen LogP contribution in [0.5, 0.6) is 5.75 Å². The molecule has 0 spiro atoms. The van der Waals surface area contributed by atoms with Crippen molar-refractivity contribution in [3.8, 4) is 11.8 Å². The van der Waals surface area contributed by atoms with Crippen molar-refractivity contribution < 1.29 is 4.74 Å². The van der Waals surface area contributed by atoms with Gasteiger partial charge in [0.2, 0.25) is 0 Å². The summed E-state index contributed by atoms with van der Waals surface area (Å²) in [6, 6.07) is 14.7. The first-order valence-electron chi connectivity index (χ1n) is 13.2. The smallest absolute Gasteiger partial charge is 0.349 e. The van der Waals surface area contributed by atoms with Gasteiger partial charge in [0, 0.05) is 38.3 Å². The molecule has 8 heteroatoms. The van der Waals surface area contributed by atoms with Crippen molar-refractivity contribution in [3.63, 3.8) is 0 Å². The van der Waals surface area contributed by atoms with Crippen LogP contribution in [-0.4, -0.2) is 50.7 Å². The monoisotopic (exact) mass is 502 g/mol. The van der Waals surface area contributed by atoms with Crippen molar-refractivity contribution in [2.75, 3.05) is 18.0 Å². The fraction of sp³-hybridized carbons (Fsp3) is 0.517. The van der Waals surface area contributed by atoms with E-state index in [9.17, 15) is 10.1 Å². The molecular weight excluding hydrogens is 464 g/mol. The number of fused-ring (bicyclic) bond motifs is 1. The molecule has 1 aromatic carbocycles. The minimum absolute atomic E-state index is 0.0999. The van der Waals surface area contributed by atoms with Crippen LogP contribution in [0, 0.1) is 17.2 Å². The lowest BCUT2D eigenvalue weighted by Crippen LogP contribution is -2.59. The SMILES string of the molecule is CC[C@@H]1CN(c2nc(=O)n(C)c3ccc(C#N)nc23)[C@@H](C)CN1C(c1ccc(OC(C)C)cc1)C(C)C. The molecule has 1 fully saturated rings. The van der Waals surface area contributed by atoms with Crippen molar-refractivity contribution in [1.82, 2.24) is 19.4 Å². The first kappa shape index (κ1) is 26.6. The zero-order chi connectivity index (χ0) is 26.9. The summed E-state index contributed by atoms with van der Waals surface area (Å²) in [5, 5.41) is 9.44. The predicted molar refractivity (Wildman–Crippen MR) is 147 cm³/mol. The Kier molecular flexibility index (Phi) is 7.84. The quantitative estimate of drug-likeness (QED) is 0.464. The molecule has 0 aliphatic carbocycles. The lowest BCUT2D eigenvalue weighted by Gasteiger charge is -2.50. The third kappa shape index (κ3) is 5.33. The first-order chi connectivity index (χ1) is 17.6. The average molecular weight is 503 g/mol. The summed E-state index contributed by atoms with van der Waals surface area (Å²) in [6.07, 6.45) is 1.10. The number of rotatable bonds is 7. The van der Waals surface area contributed by atoms with Gasteiger partial charge in [-0.15, -0.1) is 0 Å². The van der Waals surface area contributed by atoms with Crippen LogP contribution in [0.1, 0.15) is 65.3 Å². The summed E-state index contributed by atoms with van der Waals surface area (Å²) in [6.45, 7) is 14.6. The fourth-order valence-corrected chi connectivity index (χ4v) is 5.51. The summed E-state index contributed by atoms with van der Waals surface area (Å²) in [5.74, 6) is 1.86. The minimum Gasteiger partial charge on any atom is -0.491 e. The van der Waals surface area contributed by atoms with Crippen LogP contribution in [0.3, 0.4) is 0 Å². The Balaban J connectivity index is 1.70. The fourth-order valence-electron chi connectivity index (χ4n) is 5.51.